The van der Waals surface area contributed by atoms with E-state index in [1.807, 2.05) is 6.92 Å². The van der Waals surface area contributed by atoms with E-state index in [0.717, 1.165) is 37.9 Å². The lowest BCUT2D eigenvalue weighted by atomic mass is 9.95. The van der Waals surface area contributed by atoms with E-state index in [-0.39, 0.29) is 0 Å². The molecule has 18 heavy (non-hydrogen) atoms. The smallest absolute Gasteiger partial charge is 0.0767 e. The summed E-state index contributed by atoms with van der Waals surface area (Å²) in [5.41, 5.74) is 7.33. The van der Waals surface area contributed by atoms with Crippen molar-refractivity contribution in [1.29, 1.82) is 0 Å². The van der Waals surface area contributed by atoms with Crippen LogP contribution in [0.5, 0.6) is 0 Å². The number of aromatic nitrogens is 2. The van der Waals surface area contributed by atoms with Gasteiger partial charge in [0.1, 0.15) is 0 Å². The molecule has 0 amide bonds. The minimum absolute atomic E-state index is 0.337. The molecule has 0 aliphatic heterocycles. The Balaban J connectivity index is 2.55. The molecule has 0 saturated heterocycles. The van der Waals surface area contributed by atoms with Crippen molar-refractivity contribution in [2.24, 2.45) is 5.73 Å². The van der Waals surface area contributed by atoms with Crippen LogP contribution in [0.1, 0.15) is 51.4 Å². The molecular formula is C14H27N3O. The molecule has 1 atom stereocenters. The Bertz CT molecular complexity index is 356. The van der Waals surface area contributed by atoms with Crippen LogP contribution in [0.25, 0.3) is 0 Å². The monoisotopic (exact) mass is 253 g/mol. The van der Waals surface area contributed by atoms with Gasteiger partial charge in [0.2, 0.25) is 0 Å². The first kappa shape index (κ1) is 15.2. The van der Waals surface area contributed by atoms with Gasteiger partial charge >= 0.3 is 0 Å². The molecule has 4 heteroatoms. The van der Waals surface area contributed by atoms with Gasteiger partial charge in [-0.05, 0) is 38.2 Å². The maximum Gasteiger partial charge on any atom is 0.0767 e. The molecule has 0 fully saturated rings. The summed E-state index contributed by atoms with van der Waals surface area (Å²) in [4.78, 5) is 0. The van der Waals surface area contributed by atoms with Crippen LogP contribution in [0, 0.1) is 0 Å². The Morgan fingerprint density at radius 1 is 1.33 bits per heavy atom. The molecule has 0 saturated carbocycles. The molecule has 0 aliphatic carbocycles. The van der Waals surface area contributed by atoms with E-state index in [9.17, 15) is 5.11 Å². The summed E-state index contributed by atoms with van der Waals surface area (Å²) in [6, 6.07) is 2.18. The lowest BCUT2D eigenvalue weighted by molar-refractivity contribution is 0.0330. The molecule has 1 unspecified atom stereocenters. The largest absolute Gasteiger partial charge is 0.389 e. The van der Waals surface area contributed by atoms with E-state index in [1.165, 1.54) is 5.69 Å². The lowest BCUT2D eigenvalue weighted by Crippen LogP contribution is -2.37. The number of aliphatic hydroxyl groups is 1. The Morgan fingerprint density at radius 3 is 2.56 bits per heavy atom. The highest BCUT2D eigenvalue weighted by atomic mass is 16.3. The number of hydrogen-bond acceptors (Lipinski definition) is 3. The molecule has 0 aliphatic rings. The average molecular weight is 253 g/mol. The van der Waals surface area contributed by atoms with E-state index in [1.54, 1.807) is 0 Å². The third-order valence-corrected chi connectivity index (χ3v) is 3.69. The Hall–Kier alpha value is -0.870. The highest BCUT2D eigenvalue weighted by molar-refractivity contribution is 5.10. The Kier molecular flexibility index (Phi) is 5.82. The minimum Gasteiger partial charge on any atom is -0.389 e. The maximum atomic E-state index is 10.1. The third kappa shape index (κ3) is 3.82. The number of rotatable bonds is 8. The first-order valence-electron chi connectivity index (χ1n) is 7.06. The molecule has 0 radical (unpaired) electrons. The summed E-state index contributed by atoms with van der Waals surface area (Å²) < 4.78 is 2.07. The van der Waals surface area contributed by atoms with Crippen LogP contribution >= 0.6 is 0 Å². The van der Waals surface area contributed by atoms with Crippen molar-refractivity contribution >= 4 is 0 Å². The van der Waals surface area contributed by atoms with Crippen LogP contribution < -0.4 is 5.73 Å². The van der Waals surface area contributed by atoms with Crippen molar-refractivity contribution in [2.75, 3.05) is 6.54 Å². The van der Waals surface area contributed by atoms with Crippen LogP contribution in [-0.4, -0.2) is 27.0 Å². The molecule has 1 aromatic rings. The van der Waals surface area contributed by atoms with E-state index in [4.69, 9.17) is 5.73 Å². The van der Waals surface area contributed by atoms with Gasteiger partial charge in [0.25, 0.3) is 0 Å². The van der Waals surface area contributed by atoms with E-state index < -0.39 is 5.60 Å². The molecule has 3 N–H and O–H groups in total. The second-order valence-electron chi connectivity index (χ2n) is 4.94. The standard InChI is InChI=1S/C14H27N3O/c1-4-12-10-13(5-2)17(16-12)9-7-8-14(18,6-3)11-15/h10,18H,4-9,11,15H2,1-3H3. The van der Waals surface area contributed by atoms with E-state index >= 15 is 0 Å². The topological polar surface area (TPSA) is 64.1 Å². The predicted octanol–water partition coefficient (Wildman–Crippen LogP) is 1.89. The molecule has 0 bridgehead atoms. The average Bonchev–Trinajstić information content (AvgIpc) is 2.81. The zero-order chi connectivity index (χ0) is 13.6. The Labute approximate surface area is 110 Å². The van der Waals surface area contributed by atoms with Gasteiger partial charge < -0.3 is 10.8 Å². The van der Waals surface area contributed by atoms with Crippen LogP contribution in [0.3, 0.4) is 0 Å². The molecule has 1 rings (SSSR count). The first-order chi connectivity index (χ1) is 8.58. The maximum absolute atomic E-state index is 10.1. The lowest BCUT2D eigenvalue weighted by Gasteiger charge is -2.24. The molecule has 1 heterocycles. The van der Waals surface area contributed by atoms with Gasteiger partial charge in [0.05, 0.1) is 11.3 Å². The van der Waals surface area contributed by atoms with Gasteiger partial charge in [-0.15, -0.1) is 0 Å². The van der Waals surface area contributed by atoms with Gasteiger partial charge in [0.15, 0.2) is 0 Å². The zero-order valence-corrected chi connectivity index (χ0v) is 11.9. The summed E-state index contributed by atoms with van der Waals surface area (Å²) in [7, 11) is 0. The van der Waals surface area contributed by atoms with Crippen molar-refractivity contribution in [3.63, 3.8) is 0 Å². The third-order valence-electron chi connectivity index (χ3n) is 3.69. The van der Waals surface area contributed by atoms with Crippen LogP contribution in [0.15, 0.2) is 6.07 Å². The minimum atomic E-state index is -0.701. The zero-order valence-electron chi connectivity index (χ0n) is 11.9. The summed E-state index contributed by atoms with van der Waals surface area (Å²) >= 11 is 0. The van der Waals surface area contributed by atoms with Gasteiger partial charge in [-0.25, -0.2) is 0 Å². The SMILES string of the molecule is CCc1cc(CC)n(CCCC(O)(CC)CN)n1. The number of nitrogens with two attached hydrogens (primary N) is 1. The van der Waals surface area contributed by atoms with Gasteiger partial charge in [-0.2, -0.15) is 5.10 Å². The fourth-order valence-corrected chi connectivity index (χ4v) is 2.15. The van der Waals surface area contributed by atoms with Crippen molar-refractivity contribution in [3.8, 4) is 0 Å². The summed E-state index contributed by atoms with van der Waals surface area (Å²) in [6.07, 6.45) is 4.34. The molecule has 0 aromatic carbocycles. The molecular weight excluding hydrogens is 226 g/mol. The summed E-state index contributed by atoms with van der Waals surface area (Å²) in [5, 5.41) is 14.7. The fraction of sp³-hybridized carbons (Fsp3) is 0.786. The van der Waals surface area contributed by atoms with Crippen molar-refractivity contribution < 1.29 is 5.11 Å². The second kappa shape index (κ2) is 6.90. The van der Waals surface area contributed by atoms with Crippen molar-refractivity contribution in [2.45, 2.75) is 65.0 Å². The number of hydrogen-bond donors (Lipinski definition) is 2. The quantitative estimate of drug-likeness (QED) is 0.743. The van der Waals surface area contributed by atoms with Gasteiger partial charge in [-0.3, -0.25) is 4.68 Å². The first-order valence-corrected chi connectivity index (χ1v) is 7.06. The highest BCUT2D eigenvalue weighted by Gasteiger charge is 2.21. The normalized spacial score (nSPS) is 14.7. The summed E-state index contributed by atoms with van der Waals surface area (Å²) in [5.74, 6) is 0. The van der Waals surface area contributed by atoms with Crippen LogP contribution in [0.4, 0.5) is 0 Å². The Morgan fingerprint density at radius 2 is 2.06 bits per heavy atom. The summed E-state index contributed by atoms with van der Waals surface area (Å²) in [6.45, 7) is 7.45. The number of nitrogens with zero attached hydrogens (tertiary/aromatic N) is 2. The van der Waals surface area contributed by atoms with Crippen molar-refractivity contribution in [1.82, 2.24) is 9.78 Å². The van der Waals surface area contributed by atoms with Crippen LogP contribution in [0.2, 0.25) is 0 Å². The van der Waals surface area contributed by atoms with E-state index in [0.29, 0.717) is 13.0 Å². The molecule has 0 spiro atoms. The van der Waals surface area contributed by atoms with Crippen LogP contribution in [-0.2, 0) is 19.4 Å². The molecule has 4 nitrogen and oxygen atoms in total. The predicted molar refractivity (Wildman–Crippen MR) is 74.5 cm³/mol. The molecule has 104 valence electrons. The highest BCUT2D eigenvalue weighted by Crippen LogP contribution is 2.17. The van der Waals surface area contributed by atoms with Gasteiger partial charge in [-0.1, -0.05) is 20.8 Å². The second-order valence-corrected chi connectivity index (χ2v) is 4.94. The fourth-order valence-electron chi connectivity index (χ4n) is 2.15. The van der Waals surface area contributed by atoms with Gasteiger partial charge in [0, 0.05) is 18.8 Å². The van der Waals surface area contributed by atoms with E-state index in [2.05, 4.69) is 29.7 Å². The number of aryl methyl sites for hydroxylation is 3. The van der Waals surface area contributed by atoms with Crippen molar-refractivity contribution in [3.05, 3.63) is 17.5 Å². The molecule has 1 aromatic heterocycles.